The van der Waals surface area contributed by atoms with E-state index in [0.29, 0.717) is 23.4 Å². The minimum Gasteiger partial charge on any atom is -0.358 e. The molecule has 168 valence electrons. The van der Waals surface area contributed by atoms with Gasteiger partial charge in [-0.25, -0.2) is 15.0 Å². The van der Waals surface area contributed by atoms with Crippen LogP contribution < -0.4 is 4.90 Å². The molecule has 5 heterocycles. The standard InChI is InChI=1S/C22H26ClN7O2/c1-15(31)28-8-4-9-29(11-10-28)17-7-6-16(13-24-17)19-20-21(27-22(23)26-19)30(14-25-20)18-5-2-3-12-32-18/h6-7,13-14,18H,2-5,8-12H2,1H3. The molecule has 2 fully saturated rings. The number of pyridine rings is 1. The molecule has 3 aromatic heterocycles. The third kappa shape index (κ3) is 4.14. The van der Waals surface area contributed by atoms with Crippen molar-refractivity contribution >= 4 is 34.5 Å². The number of imidazole rings is 1. The number of hydrogen-bond donors (Lipinski definition) is 0. The first-order chi connectivity index (χ1) is 15.6. The Balaban J connectivity index is 1.42. The smallest absolute Gasteiger partial charge is 0.225 e. The van der Waals surface area contributed by atoms with E-state index in [4.69, 9.17) is 16.3 Å². The van der Waals surface area contributed by atoms with Crippen LogP contribution in [0.3, 0.4) is 0 Å². The highest BCUT2D eigenvalue weighted by atomic mass is 35.5. The van der Waals surface area contributed by atoms with Gasteiger partial charge in [0.15, 0.2) is 5.65 Å². The molecule has 2 saturated heterocycles. The van der Waals surface area contributed by atoms with E-state index in [0.717, 1.165) is 63.3 Å². The zero-order chi connectivity index (χ0) is 22.1. The Kier molecular flexibility index (Phi) is 5.93. The molecule has 1 amide bonds. The molecule has 2 aliphatic rings. The van der Waals surface area contributed by atoms with Crippen LogP contribution in [0.25, 0.3) is 22.4 Å². The predicted octanol–water partition coefficient (Wildman–Crippen LogP) is 3.30. The summed E-state index contributed by atoms with van der Waals surface area (Å²) in [6.45, 7) is 5.49. The van der Waals surface area contributed by atoms with Crippen molar-refractivity contribution in [3.63, 3.8) is 0 Å². The molecule has 5 rings (SSSR count). The number of rotatable bonds is 3. The van der Waals surface area contributed by atoms with Crippen LogP contribution >= 0.6 is 11.6 Å². The first-order valence-corrected chi connectivity index (χ1v) is 11.5. The Morgan fingerprint density at radius 2 is 2.00 bits per heavy atom. The molecule has 1 atom stereocenters. The van der Waals surface area contributed by atoms with Gasteiger partial charge in [-0.15, -0.1) is 0 Å². The van der Waals surface area contributed by atoms with Crippen LogP contribution in [0.1, 0.15) is 38.8 Å². The third-order valence-electron chi connectivity index (χ3n) is 6.15. The molecule has 0 radical (unpaired) electrons. The molecular weight excluding hydrogens is 430 g/mol. The van der Waals surface area contributed by atoms with Gasteiger partial charge in [0.1, 0.15) is 23.3 Å². The van der Waals surface area contributed by atoms with Crippen molar-refractivity contribution in [2.24, 2.45) is 0 Å². The molecule has 2 aliphatic heterocycles. The second-order valence-corrected chi connectivity index (χ2v) is 8.58. The summed E-state index contributed by atoms with van der Waals surface area (Å²) in [6, 6.07) is 3.98. The van der Waals surface area contributed by atoms with Crippen LogP contribution in [0, 0.1) is 0 Å². The lowest BCUT2D eigenvalue weighted by Crippen LogP contribution is -2.33. The topological polar surface area (TPSA) is 89.3 Å². The first kappa shape index (κ1) is 21.1. The van der Waals surface area contributed by atoms with E-state index in [1.54, 1.807) is 19.4 Å². The highest BCUT2D eigenvalue weighted by Crippen LogP contribution is 2.31. The van der Waals surface area contributed by atoms with E-state index < -0.39 is 0 Å². The summed E-state index contributed by atoms with van der Waals surface area (Å²) in [7, 11) is 0. The average molecular weight is 456 g/mol. The summed E-state index contributed by atoms with van der Waals surface area (Å²) >= 11 is 6.29. The van der Waals surface area contributed by atoms with Gasteiger partial charge in [-0.3, -0.25) is 9.36 Å². The highest BCUT2D eigenvalue weighted by molar-refractivity contribution is 6.28. The first-order valence-electron chi connectivity index (χ1n) is 11.1. The number of ether oxygens (including phenoxy) is 1. The van der Waals surface area contributed by atoms with Crippen molar-refractivity contribution in [2.45, 2.75) is 38.8 Å². The second kappa shape index (κ2) is 8.99. The van der Waals surface area contributed by atoms with Crippen molar-refractivity contribution in [1.82, 2.24) is 29.4 Å². The van der Waals surface area contributed by atoms with Gasteiger partial charge in [0.2, 0.25) is 11.2 Å². The monoisotopic (exact) mass is 455 g/mol. The Bertz CT molecular complexity index is 1110. The second-order valence-electron chi connectivity index (χ2n) is 8.24. The molecule has 0 aliphatic carbocycles. The largest absolute Gasteiger partial charge is 0.358 e. The van der Waals surface area contributed by atoms with Gasteiger partial charge in [-0.1, -0.05) is 0 Å². The normalized spacial score (nSPS) is 19.9. The Hall–Kier alpha value is -2.78. The van der Waals surface area contributed by atoms with E-state index in [1.165, 1.54) is 0 Å². The minimum absolute atomic E-state index is 0.0781. The number of hydrogen-bond acceptors (Lipinski definition) is 7. The predicted molar refractivity (Wildman–Crippen MR) is 121 cm³/mol. The Morgan fingerprint density at radius 1 is 1.09 bits per heavy atom. The highest BCUT2D eigenvalue weighted by Gasteiger charge is 2.22. The summed E-state index contributed by atoms with van der Waals surface area (Å²) in [5, 5.41) is 0.172. The molecule has 0 N–H and O–H groups in total. The van der Waals surface area contributed by atoms with Crippen LogP contribution in [0.2, 0.25) is 5.28 Å². The number of halogens is 1. The van der Waals surface area contributed by atoms with Crippen molar-refractivity contribution in [2.75, 3.05) is 37.7 Å². The molecule has 10 heteroatoms. The quantitative estimate of drug-likeness (QED) is 0.560. The maximum Gasteiger partial charge on any atom is 0.225 e. The van der Waals surface area contributed by atoms with Crippen molar-refractivity contribution in [1.29, 1.82) is 0 Å². The summed E-state index contributed by atoms with van der Waals surface area (Å²) in [6.07, 6.45) is 7.52. The fourth-order valence-electron chi connectivity index (χ4n) is 4.42. The molecule has 0 aromatic carbocycles. The SMILES string of the molecule is CC(=O)N1CCCN(c2ccc(-c3nc(Cl)nc4c3ncn4C3CCCCO3)cn2)CC1. The number of anilines is 1. The summed E-state index contributed by atoms with van der Waals surface area (Å²) in [4.78, 5) is 33.9. The van der Waals surface area contributed by atoms with Gasteiger partial charge in [0, 0.05) is 51.5 Å². The third-order valence-corrected chi connectivity index (χ3v) is 6.32. The Labute approximate surface area is 191 Å². The van der Waals surface area contributed by atoms with E-state index in [2.05, 4.69) is 24.8 Å². The number of nitrogens with zero attached hydrogens (tertiary/aromatic N) is 7. The fourth-order valence-corrected chi connectivity index (χ4v) is 4.58. The van der Waals surface area contributed by atoms with Gasteiger partial charge < -0.3 is 14.5 Å². The van der Waals surface area contributed by atoms with Crippen LogP contribution in [-0.2, 0) is 9.53 Å². The van der Waals surface area contributed by atoms with Crippen molar-refractivity contribution in [3.8, 4) is 11.3 Å². The van der Waals surface area contributed by atoms with Crippen LogP contribution in [-0.4, -0.2) is 68.1 Å². The minimum atomic E-state index is -0.0781. The van der Waals surface area contributed by atoms with E-state index in [9.17, 15) is 4.79 Å². The van der Waals surface area contributed by atoms with Gasteiger partial charge in [-0.2, -0.15) is 4.98 Å². The molecular formula is C22H26ClN7O2. The molecule has 0 spiro atoms. The van der Waals surface area contributed by atoms with Crippen LogP contribution in [0.4, 0.5) is 5.82 Å². The molecule has 0 saturated carbocycles. The zero-order valence-corrected chi connectivity index (χ0v) is 18.8. The maximum atomic E-state index is 11.7. The lowest BCUT2D eigenvalue weighted by molar-refractivity contribution is -0.128. The summed E-state index contributed by atoms with van der Waals surface area (Å²) < 4.78 is 7.86. The van der Waals surface area contributed by atoms with Crippen LogP contribution in [0.15, 0.2) is 24.7 Å². The maximum absolute atomic E-state index is 11.7. The molecule has 32 heavy (non-hydrogen) atoms. The molecule has 1 unspecified atom stereocenters. The van der Waals surface area contributed by atoms with Gasteiger partial charge in [-0.05, 0) is 49.4 Å². The number of fused-ring (bicyclic) bond motifs is 1. The fraction of sp³-hybridized carbons (Fsp3) is 0.500. The van der Waals surface area contributed by atoms with Crippen molar-refractivity contribution < 1.29 is 9.53 Å². The number of carbonyl (C=O) groups excluding carboxylic acids is 1. The summed E-state index contributed by atoms with van der Waals surface area (Å²) in [5.74, 6) is 1.01. The van der Waals surface area contributed by atoms with Gasteiger partial charge in [0.05, 0.1) is 6.33 Å². The molecule has 9 nitrogen and oxygen atoms in total. The van der Waals surface area contributed by atoms with Gasteiger partial charge >= 0.3 is 0 Å². The van der Waals surface area contributed by atoms with Crippen molar-refractivity contribution in [3.05, 3.63) is 29.9 Å². The Morgan fingerprint density at radius 3 is 2.75 bits per heavy atom. The lowest BCUT2D eigenvalue weighted by Gasteiger charge is -2.23. The van der Waals surface area contributed by atoms with E-state index in [1.807, 2.05) is 21.6 Å². The number of amides is 1. The van der Waals surface area contributed by atoms with E-state index in [-0.39, 0.29) is 17.4 Å². The van der Waals surface area contributed by atoms with E-state index >= 15 is 0 Å². The van der Waals surface area contributed by atoms with Crippen LogP contribution in [0.5, 0.6) is 0 Å². The average Bonchev–Trinajstić information content (AvgIpc) is 3.07. The number of aromatic nitrogens is 5. The number of carbonyl (C=O) groups is 1. The zero-order valence-electron chi connectivity index (χ0n) is 18.1. The molecule has 0 bridgehead atoms. The molecule has 3 aromatic rings. The van der Waals surface area contributed by atoms with Gasteiger partial charge in [0.25, 0.3) is 0 Å². The summed E-state index contributed by atoms with van der Waals surface area (Å²) in [5.41, 5.74) is 2.85. The lowest BCUT2D eigenvalue weighted by atomic mass is 10.1.